The average molecular weight is 198 g/mol. The van der Waals surface area contributed by atoms with Crippen molar-refractivity contribution in [3.63, 3.8) is 0 Å². The van der Waals surface area contributed by atoms with E-state index in [0.29, 0.717) is 12.1 Å². The van der Waals surface area contributed by atoms with Gasteiger partial charge in [-0.2, -0.15) is 0 Å². The molecule has 2 N–H and O–H groups in total. The Morgan fingerprint density at radius 2 is 2.14 bits per heavy atom. The summed E-state index contributed by atoms with van der Waals surface area (Å²) in [6.45, 7) is 2.30. The van der Waals surface area contributed by atoms with Crippen molar-refractivity contribution < 1.29 is 4.74 Å². The predicted octanol–water partition coefficient (Wildman–Crippen LogP) is 0.977. The summed E-state index contributed by atoms with van der Waals surface area (Å²) >= 11 is 0. The molecule has 0 bridgehead atoms. The lowest BCUT2D eigenvalue weighted by atomic mass is 9.92. The van der Waals surface area contributed by atoms with Crippen molar-refractivity contribution in [3.05, 3.63) is 0 Å². The molecule has 0 aromatic carbocycles. The number of nitrogens with two attached hydrogens (primary N) is 1. The van der Waals surface area contributed by atoms with Crippen LogP contribution in [0.15, 0.2) is 0 Å². The summed E-state index contributed by atoms with van der Waals surface area (Å²) in [6, 6.07) is 1.15. The second-order valence-electron chi connectivity index (χ2n) is 4.72. The van der Waals surface area contributed by atoms with Gasteiger partial charge in [0.2, 0.25) is 0 Å². The zero-order chi connectivity index (χ0) is 9.97. The lowest BCUT2D eigenvalue weighted by molar-refractivity contribution is 0.0338. The molecule has 3 unspecified atom stereocenters. The topological polar surface area (TPSA) is 38.5 Å². The molecule has 1 saturated carbocycles. The van der Waals surface area contributed by atoms with Gasteiger partial charge in [0.15, 0.2) is 0 Å². The first-order valence-corrected chi connectivity index (χ1v) is 5.82. The predicted molar refractivity (Wildman–Crippen MR) is 57.2 cm³/mol. The Balaban J connectivity index is 1.84. The van der Waals surface area contributed by atoms with Gasteiger partial charge < -0.3 is 10.5 Å². The molecule has 0 aromatic heterocycles. The van der Waals surface area contributed by atoms with Crippen LogP contribution >= 0.6 is 0 Å². The van der Waals surface area contributed by atoms with Crippen LogP contribution in [0.4, 0.5) is 0 Å². The quantitative estimate of drug-likeness (QED) is 0.719. The molecular formula is C11H22N2O. The van der Waals surface area contributed by atoms with Crippen molar-refractivity contribution >= 4 is 0 Å². The van der Waals surface area contributed by atoms with Crippen LogP contribution in [0.3, 0.4) is 0 Å². The minimum atomic E-state index is 0.415. The van der Waals surface area contributed by atoms with Crippen molar-refractivity contribution in [3.8, 4) is 0 Å². The number of rotatable bonds is 2. The average Bonchev–Trinajstić information content (AvgIpc) is 2.65. The SMILES string of the molecule is COC1CCCC(N2CCC(N)C2)C1. The van der Waals surface area contributed by atoms with Gasteiger partial charge in [-0.25, -0.2) is 0 Å². The number of nitrogens with zero attached hydrogens (tertiary/aromatic N) is 1. The zero-order valence-corrected chi connectivity index (χ0v) is 9.11. The minimum absolute atomic E-state index is 0.415. The molecule has 1 heterocycles. The molecule has 14 heavy (non-hydrogen) atoms. The highest BCUT2D eigenvalue weighted by atomic mass is 16.5. The van der Waals surface area contributed by atoms with E-state index in [1.165, 1.54) is 38.6 Å². The van der Waals surface area contributed by atoms with E-state index in [9.17, 15) is 0 Å². The van der Waals surface area contributed by atoms with Crippen LogP contribution in [0, 0.1) is 0 Å². The van der Waals surface area contributed by atoms with Gasteiger partial charge in [-0.15, -0.1) is 0 Å². The molecule has 2 fully saturated rings. The number of ether oxygens (including phenoxy) is 1. The largest absolute Gasteiger partial charge is 0.381 e. The monoisotopic (exact) mass is 198 g/mol. The molecule has 3 atom stereocenters. The third kappa shape index (κ3) is 2.27. The van der Waals surface area contributed by atoms with Gasteiger partial charge in [-0.05, 0) is 32.1 Å². The van der Waals surface area contributed by atoms with Crippen LogP contribution < -0.4 is 5.73 Å². The van der Waals surface area contributed by atoms with E-state index < -0.39 is 0 Å². The van der Waals surface area contributed by atoms with E-state index in [4.69, 9.17) is 10.5 Å². The van der Waals surface area contributed by atoms with Gasteiger partial charge in [0.25, 0.3) is 0 Å². The van der Waals surface area contributed by atoms with Crippen molar-refractivity contribution in [2.45, 2.75) is 50.3 Å². The molecule has 2 rings (SSSR count). The molecule has 3 nitrogen and oxygen atoms in total. The molecule has 1 aliphatic heterocycles. The van der Waals surface area contributed by atoms with Crippen LogP contribution in [0.5, 0.6) is 0 Å². The fourth-order valence-corrected chi connectivity index (χ4v) is 2.81. The van der Waals surface area contributed by atoms with E-state index in [1.807, 2.05) is 7.11 Å². The Hall–Kier alpha value is -0.120. The van der Waals surface area contributed by atoms with E-state index >= 15 is 0 Å². The maximum atomic E-state index is 5.93. The number of hydrogen-bond acceptors (Lipinski definition) is 3. The van der Waals surface area contributed by atoms with Crippen LogP contribution in [-0.2, 0) is 4.74 Å². The zero-order valence-electron chi connectivity index (χ0n) is 9.11. The smallest absolute Gasteiger partial charge is 0.0586 e. The fraction of sp³-hybridized carbons (Fsp3) is 1.00. The summed E-state index contributed by atoms with van der Waals surface area (Å²) in [5.41, 5.74) is 5.93. The number of hydrogen-bond donors (Lipinski definition) is 1. The Morgan fingerprint density at radius 1 is 1.29 bits per heavy atom. The lowest BCUT2D eigenvalue weighted by Crippen LogP contribution is -2.40. The minimum Gasteiger partial charge on any atom is -0.381 e. The first-order chi connectivity index (χ1) is 6.79. The maximum absolute atomic E-state index is 5.93. The van der Waals surface area contributed by atoms with Gasteiger partial charge in [-0.1, -0.05) is 0 Å². The third-order valence-electron chi connectivity index (χ3n) is 3.70. The summed E-state index contributed by atoms with van der Waals surface area (Å²) in [5.74, 6) is 0. The van der Waals surface area contributed by atoms with Gasteiger partial charge in [-0.3, -0.25) is 4.90 Å². The van der Waals surface area contributed by atoms with Crippen LogP contribution in [0.2, 0.25) is 0 Å². The Bertz CT molecular complexity index is 186. The maximum Gasteiger partial charge on any atom is 0.0586 e. The summed E-state index contributed by atoms with van der Waals surface area (Å²) in [4.78, 5) is 2.57. The number of likely N-dealkylation sites (tertiary alicyclic amines) is 1. The highest BCUT2D eigenvalue weighted by molar-refractivity contribution is 4.87. The van der Waals surface area contributed by atoms with Crippen molar-refractivity contribution in [2.24, 2.45) is 5.73 Å². The molecule has 0 amide bonds. The van der Waals surface area contributed by atoms with Crippen molar-refractivity contribution in [1.29, 1.82) is 0 Å². The molecule has 0 radical (unpaired) electrons. The fourth-order valence-electron chi connectivity index (χ4n) is 2.81. The molecule has 0 spiro atoms. The van der Waals surface area contributed by atoms with Gasteiger partial charge in [0.05, 0.1) is 6.10 Å². The molecule has 0 aromatic rings. The number of methoxy groups -OCH3 is 1. The second kappa shape index (κ2) is 4.60. The molecule has 82 valence electrons. The van der Waals surface area contributed by atoms with Crippen LogP contribution in [0.25, 0.3) is 0 Å². The van der Waals surface area contributed by atoms with Crippen LogP contribution in [0.1, 0.15) is 32.1 Å². The molecular weight excluding hydrogens is 176 g/mol. The first-order valence-electron chi connectivity index (χ1n) is 5.82. The summed E-state index contributed by atoms with van der Waals surface area (Å²) < 4.78 is 5.45. The van der Waals surface area contributed by atoms with E-state index in [-0.39, 0.29) is 0 Å². The first kappa shape index (κ1) is 10.4. The molecule has 2 aliphatic rings. The highest BCUT2D eigenvalue weighted by Gasteiger charge is 2.30. The Labute approximate surface area is 86.6 Å². The molecule has 1 saturated heterocycles. The van der Waals surface area contributed by atoms with Gasteiger partial charge >= 0.3 is 0 Å². The second-order valence-corrected chi connectivity index (χ2v) is 4.72. The highest BCUT2D eigenvalue weighted by Crippen LogP contribution is 2.26. The van der Waals surface area contributed by atoms with Gasteiger partial charge in [0, 0.05) is 32.3 Å². The summed E-state index contributed by atoms with van der Waals surface area (Å²) in [7, 11) is 1.84. The van der Waals surface area contributed by atoms with E-state index in [1.54, 1.807) is 0 Å². The van der Waals surface area contributed by atoms with Crippen molar-refractivity contribution in [1.82, 2.24) is 4.90 Å². The summed E-state index contributed by atoms with van der Waals surface area (Å²) in [5, 5.41) is 0. The van der Waals surface area contributed by atoms with E-state index in [0.717, 1.165) is 12.6 Å². The normalized spacial score (nSPS) is 40.3. The van der Waals surface area contributed by atoms with E-state index in [2.05, 4.69) is 4.90 Å². The summed E-state index contributed by atoms with van der Waals surface area (Å²) in [6.07, 6.45) is 6.77. The van der Waals surface area contributed by atoms with Crippen LogP contribution in [-0.4, -0.2) is 43.3 Å². The standard InChI is InChI=1S/C11H22N2O/c1-14-11-4-2-3-10(7-11)13-6-5-9(12)8-13/h9-11H,2-8,12H2,1H3. The molecule has 3 heteroatoms. The van der Waals surface area contributed by atoms with Gasteiger partial charge in [0.1, 0.15) is 0 Å². The molecule has 1 aliphatic carbocycles. The Kier molecular flexibility index (Phi) is 3.42. The third-order valence-corrected chi connectivity index (χ3v) is 3.70. The Morgan fingerprint density at radius 3 is 2.79 bits per heavy atom. The lowest BCUT2D eigenvalue weighted by Gasteiger charge is -2.34. The van der Waals surface area contributed by atoms with Crippen molar-refractivity contribution in [2.75, 3.05) is 20.2 Å².